The van der Waals surface area contributed by atoms with Gasteiger partial charge in [-0.05, 0) is 62.6 Å². The van der Waals surface area contributed by atoms with E-state index in [1.165, 1.54) is 30.6 Å². The number of ether oxygens (including phenoxy) is 1. The van der Waals surface area contributed by atoms with Crippen LogP contribution in [0.1, 0.15) is 43.2 Å². The molecule has 140 valence electrons. The minimum absolute atomic E-state index is 0.216. The molecule has 2 N–H and O–H groups in total. The molecule has 1 aliphatic carbocycles. The van der Waals surface area contributed by atoms with Crippen LogP contribution in [0.15, 0.2) is 27.4 Å². The van der Waals surface area contributed by atoms with Gasteiger partial charge in [-0.2, -0.15) is 0 Å². The predicted octanol–water partition coefficient (Wildman–Crippen LogP) is 1.48. The molecule has 1 saturated heterocycles. The van der Waals surface area contributed by atoms with Crippen molar-refractivity contribution in [1.29, 1.82) is 0 Å². The van der Waals surface area contributed by atoms with E-state index in [0.717, 1.165) is 55.4 Å². The van der Waals surface area contributed by atoms with Gasteiger partial charge in [0.15, 0.2) is 0 Å². The van der Waals surface area contributed by atoms with Gasteiger partial charge in [-0.25, -0.2) is 4.79 Å². The molecule has 1 aliphatic heterocycles. The van der Waals surface area contributed by atoms with Crippen LogP contribution in [0.25, 0.3) is 11.0 Å². The average Bonchev–Trinajstić information content (AvgIpc) is 3.00. The first-order valence-corrected chi connectivity index (χ1v) is 9.94. The summed E-state index contributed by atoms with van der Waals surface area (Å²) in [7, 11) is 0. The van der Waals surface area contributed by atoms with Crippen LogP contribution >= 0.6 is 0 Å². The Balaban J connectivity index is 1.41. The maximum Gasteiger partial charge on any atom is 0.339 e. The van der Waals surface area contributed by atoms with Crippen molar-refractivity contribution < 1.29 is 19.2 Å². The summed E-state index contributed by atoms with van der Waals surface area (Å²) in [6.07, 6.45) is 7.40. The van der Waals surface area contributed by atoms with Crippen molar-refractivity contribution in [2.24, 2.45) is 0 Å². The molecule has 2 aliphatic rings. The quantitative estimate of drug-likeness (QED) is 0.795. The Bertz CT molecular complexity index is 821. The molecule has 0 bridgehead atoms. The van der Waals surface area contributed by atoms with Crippen LogP contribution in [0.2, 0.25) is 0 Å². The molecule has 0 amide bonds. The molecule has 4 rings (SSSR count). The van der Waals surface area contributed by atoms with E-state index >= 15 is 0 Å². The Morgan fingerprint density at radius 2 is 1.85 bits per heavy atom. The van der Waals surface area contributed by atoms with Gasteiger partial charge in [-0.15, -0.1) is 0 Å². The number of fused-ring (bicyclic) bond motifs is 3. The predicted molar refractivity (Wildman–Crippen MR) is 100 cm³/mol. The number of aryl methyl sites for hydroxylation is 1. The van der Waals surface area contributed by atoms with Gasteiger partial charge in [0.25, 0.3) is 0 Å². The second-order valence-corrected chi connectivity index (χ2v) is 7.69. The number of likely N-dealkylation sites (tertiary alicyclic amines) is 1. The molecule has 2 heterocycles. The summed E-state index contributed by atoms with van der Waals surface area (Å²) < 4.78 is 11.3. The van der Waals surface area contributed by atoms with E-state index in [1.807, 2.05) is 12.1 Å². The fourth-order valence-electron chi connectivity index (χ4n) is 4.37. The molecule has 0 saturated carbocycles. The van der Waals surface area contributed by atoms with Crippen molar-refractivity contribution in [3.8, 4) is 5.75 Å². The molecule has 1 fully saturated rings. The summed E-state index contributed by atoms with van der Waals surface area (Å²) >= 11 is 0. The molecule has 2 aromatic rings. The van der Waals surface area contributed by atoms with Crippen molar-refractivity contribution in [3.05, 3.63) is 39.7 Å². The third-order valence-electron chi connectivity index (χ3n) is 5.72. The van der Waals surface area contributed by atoms with Gasteiger partial charge in [0.05, 0.1) is 13.1 Å². The van der Waals surface area contributed by atoms with Gasteiger partial charge in [-0.1, -0.05) is 0 Å². The third kappa shape index (κ3) is 3.79. The Labute approximate surface area is 153 Å². The molecule has 26 heavy (non-hydrogen) atoms. The monoisotopic (exact) mass is 358 g/mol. The number of hydrogen-bond acceptors (Lipinski definition) is 4. The van der Waals surface area contributed by atoms with Crippen LogP contribution in [-0.2, 0) is 12.8 Å². The zero-order valence-electron chi connectivity index (χ0n) is 15.3. The second-order valence-electron chi connectivity index (χ2n) is 7.69. The molecule has 0 radical (unpaired) electrons. The summed E-state index contributed by atoms with van der Waals surface area (Å²) in [4.78, 5) is 13.6. The summed E-state index contributed by atoms with van der Waals surface area (Å²) in [6.45, 7) is 3.28. The van der Waals surface area contributed by atoms with Gasteiger partial charge >= 0.3 is 5.63 Å². The minimum atomic E-state index is -0.481. The first-order chi connectivity index (χ1) is 12.7. The number of nitrogens with one attached hydrogen (secondary N) is 1. The smallest absolute Gasteiger partial charge is 0.339 e. The molecule has 1 atom stereocenters. The zero-order valence-corrected chi connectivity index (χ0v) is 15.3. The molecular formula is C21H28NO4+. The lowest BCUT2D eigenvalue weighted by atomic mass is 10.1. The minimum Gasteiger partial charge on any atom is -0.491 e. The largest absolute Gasteiger partial charge is 0.491 e. The standard InChI is InChI=1S/C21H27NO4/c23-15(13-22-10-3-1-2-4-11-22)14-25-16-8-9-18-17-6-5-7-19(17)21(24)26-20(18)12-16/h8-9,12,15,23H,1-7,10-11,13-14H2/p+1. The van der Waals surface area contributed by atoms with Crippen molar-refractivity contribution in [2.75, 3.05) is 26.2 Å². The van der Waals surface area contributed by atoms with Crippen LogP contribution in [0.4, 0.5) is 0 Å². The molecule has 1 aromatic carbocycles. The Kier molecular flexibility index (Phi) is 5.27. The normalized spacial score (nSPS) is 19.3. The number of quaternary nitrogens is 1. The van der Waals surface area contributed by atoms with Crippen LogP contribution < -0.4 is 15.3 Å². The topological polar surface area (TPSA) is 64.1 Å². The fraction of sp³-hybridized carbons (Fsp3) is 0.571. The molecular weight excluding hydrogens is 330 g/mol. The summed E-state index contributed by atoms with van der Waals surface area (Å²) in [5.74, 6) is 0.642. The lowest BCUT2D eigenvalue weighted by Crippen LogP contribution is -3.13. The summed E-state index contributed by atoms with van der Waals surface area (Å²) in [5, 5.41) is 11.3. The SMILES string of the molecule is O=c1oc2cc(OCC(O)C[NH+]3CCCCCC3)ccc2c2c1CCC2. The van der Waals surface area contributed by atoms with Gasteiger partial charge < -0.3 is 19.2 Å². The van der Waals surface area contributed by atoms with Crippen LogP contribution in [-0.4, -0.2) is 37.5 Å². The summed E-state index contributed by atoms with van der Waals surface area (Å²) in [6, 6.07) is 5.66. The Hall–Kier alpha value is -1.85. The molecule has 0 spiro atoms. The first-order valence-electron chi connectivity index (χ1n) is 9.94. The molecule has 1 aromatic heterocycles. The van der Waals surface area contributed by atoms with E-state index < -0.39 is 6.10 Å². The van der Waals surface area contributed by atoms with Gasteiger partial charge in [0.2, 0.25) is 0 Å². The van der Waals surface area contributed by atoms with E-state index in [9.17, 15) is 9.90 Å². The van der Waals surface area contributed by atoms with Gasteiger partial charge in [0, 0.05) is 17.0 Å². The van der Waals surface area contributed by atoms with Crippen molar-refractivity contribution in [2.45, 2.75) is 51.0 Å². The Morgan fingerprint density at radius 1 is 1.08 bits per heavy atom. The van der Waals surface area contributed by atoms with Gasteiger partial charge in [0.1, 0.15) is 30.6 Å². The molecule has 5 nitrogen and oxygen atoms in total. The van der Waals surface area contributed by atoms with E-state index in [4.69, 9.17) is 9.15 Å². The van der Waals surface area contributed by atoms with E-state index in [-0.39, 0.29) is 12.2 Å². The number of rotatable bonds is 5. The first kappa shape index (κ1) is 17.6. The van der Waals surface area contributed by atoms with E-state index in [1.54, 1.807) is 6.07 Å². The maximum atomic E-state index is 12.1. The number of benzene rings is 1. The van der Waals surface area contributed by atoms with Gasteiger partial charge in [-0.3, -0.25) is 0 Å². The summed E-state index contributed by atoms with van der Waals surface area (Å²) in [5.41, 5.74) is 2.34. The van der Waals surface area contributed by atoms with Crippen molar-refractivity contribution in [1.82, 2.24) is 0 Å². The zero-order chi connectivity index (χ0) is 17.9. The molecule has 1 unspecified atom stereocenters. The number of hydrogen-bond donors (Lipinski definition) is 2. The van der Waals surface area contributed by atoms with Crippen LogP contribution in [0, 0.1) is 0 Å². The fourth-order valence-corrected chi connectivity index (χ4v) is 4.37. The highest BCUT2D eigenvalue weighted by Gasteiger charge is 2.20. The lowest BCUT2D eigenvalue weighted by molar-refractivity contribution is -0.902. The number of aliphatic hydroxyl groups is 1. The maximum absolute atomic E-state index is 12.1. The highest BCUT2D eigenvalue weighted by atomic mass is 16.5. The molecule has 5 heteroatoms. The lowest BCUT2D eigenvalue weighted by Gasteiger charge is -2.20. The number of aliphatic hydroxyl groups excluding tert-OH is 1. The highest BCUT2D eigenvalue weighted by Crippen LogP contribution is 2.29. The van der Waals surface area contributed by atoms with Crippen LogP contribution in [0.5, 0.6) is 5.75 Å². The highest BCUT2D eigenvalue weighted by molar-refractivity contribution is 5.83. The third-order valence-corrected chi connectivity index (χ3v) is 5.72. The van der Waals surface area contributed by atoms with Crippen LogP contribution in [0.3, 0.4) is 0 Å². The Morgan fingerprint density at radius 3 is 2.65 bits per heavy atom. The second kappa shape index (κ2) is 7.80. The van der Waals surface area contributed by atoms with E-state index in [2.05, 4.69) is 0 Å². The van der Waals surface area contributed by atoms with Crippen molar-refractivity contribution in [3.63, 3.8) is 0 Å². The van der Waals surface area contributed by atoms with Crippen molar-refractivity contribution >= 4 is 11.0 Å². The average molecular weight is 358 g/mol. The van der Waals surface area contributed by atoms with E-state index in [0.29, 0.717) is 11.3 Å².